The molecule has 0 saturated carbocycles. The standard InChI is InChI=1S/C39H24N4O/c1-3-13-25(14-4-1)27-19-11-23-33-35(27)36-30(20-12-24-34(36)44-33)38-40-37(26-15-5-2-6-16-26)41-39(42-38)43-31-21-9-7-17-28(31)29-18-8-10-22-32(29)43/h1-24H/i1D,2D,3D,4D,5D,6D,7D,8D,9D,10D,13D,14D,15D,16D,17D,18D,21D,22D. The van der Waals surface area contributed by atoms with Crippen molar-refractivity contribution in [3.8, 4) is 39.9 Å². The van der Waals surface area contributed by atoms with Gasteiger partial charge in [0.1, 0.15) is 11.2 Å². The van der Waals surface area contributed by atoms with Gasteiger partial charge in [-0.2, -0.15) is 9.97 Å². The molecule has 0 fully saturated rings. The van der Waals surface area contributed by atoms with E-state index in [9.17, 15) is 0 Å². The van der Waals surface area contributed by atoms with Crippen molar-refractivity contribution in [2.75, 3.05) is 0 Å². The van der Waals surface area contributed by atoms with Crippen LogP contribution in [0, 0.1) is 0 Å². The van der Waals surface area contributed by atoms with Gasteiger partial charge in [-0.05, 0) is 35.3 Å². The number of fused-ring (bicyclic) bond motifs is 6. The number of hydrogen-bond acceptors (Lipinski definition) is 4. The van der Waals surface area contributed by atoms with Gasteiger partial charge in [0, 0.05) is 32.7 Å². The van der Waals surface area contributed by atoms with E-state index in [1.807, 2.05) is 0 Å². The van der Waals surface area contributed by atoms with Gasteiger partial charge < -0.3 is 4.42 Å². The van der Waals surface area contributed by atoms with Crippen LogP contribution >= 0.6 is 0 Å². The molecule has 5 heteroatoms. The van der Waals surface area contributed by atoms with E-state index in [0.29, 0.717) is 0 Å². The molecule has 206 valence electrons. The molecule has 9 aromatic rings. The zero-order valence-corrected chi connectivity index (χ0v) is 22.2. The quantitative estimate of drug-likeness (QED) is 0.207. The lowest BCUT2D eigenvalue weighted by molar-refractivity contribution is 0.669. The first kappa shape index (κ1) is 12.7. The molecule has 0 N–H and O–H groups in total. The summed E-state index contributed by atoms with van der Waals surface area (Å²) in [6, 6.07) is -2.49. The number of furan rings is 1. The average molecular weight is 583 g/mol. The Labute approximate surface area is 278 Å². The largest absolute Gasteiger partial charge is 0.456 e. The van der Waals surface area contributed by atoms with Crippen molar-refractivity contribution in [3.05, 3.63) is 145 Å². The number of hydrogen-bond donors (Lipinski definition) is 0. The van der Waals surface area contributed by atoms with Gasteiger partial charge in [0.25, 0.3) is 0 Å². The van der Waals surface area contributed by atoms with Gasteiger partial charge in [-0.3, -0.25) is 4.57 Å². The highest BCUT2D eigenvalue weighted by Crippen LogP contribution is 2.41. The van der Waals surface area contributed by atoms with Gasteiger partial charge in [-0.1, -0.05) is 121 Å². The Morgan fingerprint density at radius 2 is 1.02 bits per heavy atom. The molecule has 0 spiro atoms. The first-order valence-electron chi connectivity index (χ1n) is 22.2. The van der Waals surface area contributed by atoms with Gasteiger partial charge in [-0.15, -0.1) is 0 Å². The second-order valence-corrected chi connectivity index (χ2v) is 9.52. The highest BCUT2D eigenvalue weighted by molar-refractivity contribution is 6.17. The van der Waals surface area contributed by atoms with E-state index < -0.39 is 126 Å². The monoisotopic (exact) mass is 582 g/mol. The molecule has 0 aliphatic rings. The van der Waals surface area contributed by atoms with E-state index in [2.05, 4.69) is 9.97 Å². The first-order chi connectivity index (χ1) is 29.3. The third-order valence-electron chi connectivity index (χ3n) is 7.11. The SMILES string of the molecule is [2H]c1c([2H])c([2H])c(-c2nc(-c3cccc4oc5cccc(-c6c([2H])c([2H])c([2H])c([2H])c6[2H])c5c34)nc(-n3c4c([2H])c([2H])c([2H])c([2H])c4c4c([2H])c([2H])c([2H])c([2H])c43)n2)c([2H])c1[2H]. The molecule has 5 nitrogen and oxygen atoms in total. The summed E-state index contributed by atoms with van der Waals surface area (Å²) in [6.45, 7) is 0. The highest BCUT2D eigenvalue weighted by Gasteiger charge is 2.21. The normalized spacial score (nSPS) is 17.4. The summed E-state index contributed by atoms with van der Waals surface area (Å²) in [5, 5.41) is -0.103. The third kappa shape index (κ3) is 3.76. The van der Waals surface area contributed by atoms with E-state index in [1.54, 1.807) is 24.3 Å². The fraction of sp³-hybridized carbons (Fsp3) is 0. The molecule has 0 unspecified atom stereocenters. The van der Waals surface area contributed by atoms with Crippen molar-refractivity contribution >= 4 is 43.7 Å². The van der Waals surface area contributed by atoms with Crippen LogP contribution < -0.4 is 0 Å². The van der Waals surface area contributed by atoms with Crippen LogP contribution in [0.4, 0.5) is 0 Å². The molecular weight excluding hydrogens is 540 g/mol. The van der Waals surface area contributed by atoms with Crippen LogP contribution in [-0.4, -0.2) is 19.5 Å². The minimum absolute atomic E-state index is 0.114. The fourth-order valence-electron chi connectivity index (χ4n) is 5.33. The molecule has 0 saturated heterocycles. The molecule has 0 aliphatic carbocycles. The van der Waals surface area contributed by atoms with Crippen LogP contribution in [0.1, 0.15) is 24.7 Å². The Kier molecular flexibility index (Phi) is 2.80. The summed E-state index contributed by atoms with van der Waals surface area (Å²) in [5.41, 5.74) is -0.688. The molecule has 0 aliphatic heterocycles. The third-order valence-corrected chi connectivity index (χ3v) is 7.11. The Balaban J connectivity index is 1.49. The van der Waals surface area contributed by atoms with E-state index in [0.717, 1.165) is 4.57 Å². The zero-order chi connectivity index (χ0) is 44.7. The summed E-state index contributed by atoms with van der Waals surface area (Å²) in [4.78, 5) is 13.9. The maximum Gasteiger partial charge on any atom is 0.238 e. The zero-order valence-electron chi connectivity index (χ0n) is 40.2. The summed E-state index contributed by atoms with van der Waals surface area (Å²) in [5.74, 6) is -1.37. The molecule has 0 atom stereocenters. The fourth-order valence-corrected chi connectivity index (χ4v) is 5.33. The van der Waals surface area contributed by atoms with E-state index in [4.69, 9.17) is 34.1 Å². The van der Waals surface area contributed by atoms with Crippen molar-refractivity contribution < 1.29 is 29.1 Å². The predicted molar refractivity (Wildman–Crippen MR) is 178 cm³/mol. The molecular formula is C39H24N4O. The minimum atomic E-state index is -0.740. The minimum Gasteiger partial charge on any atom is -0.456 e. The Hall–Kier alpha value is -6.07. The van der Waals surface area contributed by atoms with Crippen molar-refractivity contribution in [2.45, 2.75) is 0 Å². The van der Waals surface area contributed by atoms with Gasteiger partial charge in [-0.25, -0.2) is 4.98 Å². The van der Waals surface area contributed by atoms with Gasteiger partial charge in [0.05, 0.1) is 35.7 Å². The van der Waals surface area contributed by atoms with Crippen LogP contribution in [0.25, 0.3) is 83.6 Å². The maximum absolute atomic E-state index is 9.03. The van der Waals surface area contributed by atoms with Crippen LogP contribution in [0.5, 0.6) is 0 Å². The lowest BCUT2D eigenvalue weighted by Gasteiger charge is -2.11. The van der Waals surface area contributed by atoms with E-state index in [1.165, 1.54) is 12.1 Å². The van der Waals surface area contributed by atoms with Crippen LogP contribution in [0.3, 0.4) is 0 Å². The van der Waals surface area contributed by atoms with Crippen molar-refractivity contribution in [1.29, 1.82) is 0 Å². The van der Waals surface area contributed by atoms with Gasteiger partial charge in [0.15, 0.2) is 11.6 Å². The Morgan fingerprint density at radius 3 is 1.68 bits per heavy atom. The topological polar surface area (TPSA) is 56.7 Å². The number of benzene rings is 6. The van der Waals surface area contributed by atoms with Crippen molar-refractivity contribution in [2.24, 2.45) is 0 Å². The highest BCUT2D eigenvalue weighted by atomic mass is 16.3. The lowest BCUT2D eigenvalue weighted by Crippen LogP contribution is -2.06. The Bertz CT molecular complexity index is 3390. The van der Waals surface area contributed by atoms with E-state index >= 15 is 0 Å². The first-order valence-corrected chi connectivity index (χ1v) is 13.2. The molecule has 44 heavy (non-hydrogen) atoms. The summed E-state index contributed by atoms with van der Waals surface area (Å²) < 4.78 is 162. The van der Waals surface area contributed by atoms with Crippen molar-refractivity contribution in [3.63, 3.8) is 0 Å². The number of rotatable bonds is 4. The second-order valence-electron chi connectivity index (χ2n) is 9.52. The summed E-state index contributed by atoms with van der Waals surface area (Å²) >= 11 is 0. The van der Waals surface area contributed by atoms with Crippen LogP contribution in [0.15, 0.2) is 150 Å². The summed E-state index contributed by atoms with van der Waals surface area (Å²) in [7, 11) is 0. The molecule has 6 aromatic carbocycles. The summed E-state index contributed by atoms with van der Waals surface area (Å²) in [6.07, 6.45) is 0. The molecule has 3 aromatic heterocycles. The molecule has 9 rings (SSSR count). The maximum atomic E-state index is 9.03. The van der Waals surface area contributed by atoms with E-state index in [-0.39, 0.29) is 66.3 Å². The molecule has 3 heterocycles. The molecule has 0 radical (unpaired) electrons. The smallest absolute Gasteiger partial charge is 0.238 e. The lowest BCUT2D eigenvalue weighted by atomic mass is 9.97. The molecule has 0 amide bonds. The number of nitrogens with zero attached hydrogens (tertiary/aromatic N) is 4. The van der Waals surface area contributed by atoms with Crippen molar-refractivity contribution in [1.82, 2.24) is 19.5 Å². The Morgan fingerprint density at radius 1 is 0.500 bits per heavy atom. The average Bonchev–Trinajstić information content (AvgIpc) is 3.84. The number of aromatic nitrogens is 4. The van der Waals surface area contributed by atoms with Gasteiger partial charge in [0.2, 0.25) is 5.95 Å². The second kappa shape index (κ2) is 9.75. The van der Waals surface area contributed by atoms with Crippen LogP contribution in [0.2, 0.25) is 0 Å². The number of para-hydroxylation sites is 2. The van der Waals surface area contributed by atoms with Crippen LogP contribution in [-0.2, 0) is 0 Å². The van der Waals surface area contributed by atoms with Gasteiger partial charge >= 0.3 is 0 Å². The predicted octanol–water partition coefficient (Wildman–Crippen LogP) is 9.87. The molecule has 0 bridgehead atoms.